The zero-order valence-electron chi connectivity index (χ0n) is 16.3. The van der Waals surface area contributed by atoms with Crippen molar-refractivity contribution in [2.45, 2.75) is 18.9 Å². The first-order valence-corrected chi connectivity index (χ1v) is 9.76. The minimum absolute atomic E-state index is 0.0783. The molecule has 0 radical (unpaired) electrons. The third-order valence-corrected chi connectivity index (χ3v) is 4.79. The molecule has 0 unspecified atom stereocenters. The largest absolute Gasteiger partial charge is 0.484 e. The molecule has 0 fully saturated rings. The minimum atomic E-state index is -0.286. The summed E-state index contributed by atoms with van der Waals surface area (Å²) in [5.41, 5.74) is 1.95. The van der Waals surface area contributed by atoms with Gasteiger partial charge in [0.1, 0.15) is 11.6 Å². The van der Waals surface area contributed by atoms with Gasteiger partial charge in [0, 0.05) is 6.04 Å². The van der Waals surface area contributed by atoms with Gasteiger partial charge in [-0.1, -0.05) is 36.4 Å². The van der Waals surface area contributed by atoms with Crippen LogP contribution in [0.1, 0.15) is 11.1 Å². The summed E-state index contributed by atoms with van der Waals surface area (Å²) in [6, 6.07) is 21.1. The smallest absolute Gasteiger partial charge is 0.258 e. The minimum Gasteiger partial charge on any atom is -0.484 e. The maximum atomic E-state index is 13.3. The van der Waals surface area contributed by atoms with E-state index in [-0.39, 0.29) is 31.2 Å². The zero-order chi connectivity index (χ0) is 20.8. The molecule has 4 rings (SSSR count). The second kappa shape index (κ2) is 9.31. The second-order valence-corrected chi connectivity index (χ2v) is 7.09. The van der Waals surface area contributed by atoms with Gasteiger partial charge in [-0.15, -0.1) is 0 Å². The van der Waals surface area contributed by atoms with Gasteiger partial charge in [-0.25, -0.2) is 4.39 Å². The van der Waals surface area contributed by atoms with Crippen LogP contribution in [0.4, 0.5) is 4.39 Å². The second-order valence-electron chi connectivity index (χ2n) is 7.09. The molecule has 1 amide bonds. The summed E-state index contributed by atoms with van der Waals surface area (Å²) >= 11 is 0. The molecule has 30 heavy (non-hydrogen) atoms. The molecule has 1 aliphatic rings. The Bertz CT molecular complexity index is 992. The standard InChI is InChI=1S/C24H22FNO4/c25-19-9-6-17(7-10-19)12-20(13-18-8-11-22-23(14-18)30-16-29-22)26-24(27)15-28-21-4-2-1-3-5-21/h1-11,14,20H,12-13,15-16H2,(H,26,27)/t20-/m1/s1. The number of fused-ring (bicyclic) bond motifs is 1. The van der Waals surface area contributed by atoms with Gasteiger partial charge in [0.25, 0.3) is 5.91 Å². The Morgan fingerprint density at radius 1 is 0.933 bits per heavy atom. The number of halogens is 1. The molecule has 1 N–H and O–H groups in total. The number of hydrogen-bond donors (Lipinski definition) is 1. The number of carbonyl (C=O) groups excluding carboxylic acids is 1. The fourth-order valence-electron chi connectivity index (χ4n) is 3.37. The van der Waals surface area contributed by atoms with Crippen molar-refractivity contribution in [1.82, 2.24) is 5.32 Å². The molecule has 1 aliphatic heterocycles. The van der Waals surface area contributed by atoms with Gasteiger partial charge in [0.05, 0.1) is 0 Å². The van der Waals surface area contributed by atoms with Crippen molar-refractivity contribution in [2.75, 3.05) is 13.4 Å². The average molecular weight is 407 g/mol. The van der Waals surface area contributed by atoms with Crippen LogP contribution in [0.15, 0.2) is 72.8 Å². The lowest BCUT2D eigenvalue weighted by molar-refractivity contribution is -0.123. The monoisotopic (exact) mass is 407 g/mol. The van der Waals surface area contributed by atoms with Crippen molar-refractivity contribution < 1.29 is 23.4 Å². The average Bonchev–Trinajstić information content (AvgIpc) is 3.22. The Kier molecular flexibility index (Phi) is 6.13. The first-order chi connectivity index (χ1) is 14.7. The van der Waals surface area contributed by atoms with E-state index >= 15 is 0 Å². The lowest BCUT2D eigenvalue weighted by Gasteiger charge is -2.20. The number of nitrogens with one attached hydrogen (secondary N) is 1. The summed E-state index contributed by atoms with van der Waals surface area (Å²) < 4.78 is 29.6. The summed E-state index contributed by atoms with van der Waals surface area (Å²) in [7, 11) is 0. The van der Waals surface area contributed by atoms with E-state index in [1.807, 2.05) is 36.4 Å². The number of ether oxygens (including phenoxy) is 3. The van der Waals surface area contributed by atoms with Crippen LogP contribution in [0.5, 0.6) is 17.2 Å². The van der Waals surface area contributed by atoms with Crippen molar-refractivity contribution in [2.24, 2.45) is 0 Å². The quantitative estimate of drug-likeness (QED) is 0.615. The molecule has 5 nitrogen and oxygen atoms in total. The molecule has 3 aromatic carbocycles. The van der Waals surface area contributed by atoms with Crippen molar-refractivity contribution in [1.29, 1.82) is 0 Å². The van der Waals surface area contributed by atoms with Crippen LogP contribution >= 0.6 is 0 Å². The maximum Gasteiger partial charge on any atom is 0.258 e. The van der Waals surface area contributed by atoms with Gasteiger partial charge in [0.2, 0.25) is 6.79 Å². The SMILES string of the molecule is O=C(COc1ccccc1)N[C@H](Cc1ccc(F)cc1)Cc1ccc2c(c1)OCO2. The molecule has 1 heterocycles. The third-order valence-electron chi connectivity index (χ3n) is 4.79. The Balaban J connectivity index is 1.43. The van der Waals surface area contributed by atoms with Gasteiger partial charge >= 0.3 is 0 Å². The van der Waals surface area contributed by atoms with Gasteiger partial charge in [-0.3, -0.25) is 4.79 Å². The highest BCUT2D eigenvalue weighted by atomic mass is 19.1. The Morgan fingerprint density at radius 2 is 1.63 bits per heavy atom. The number of benzene rings is 3. The summed E-state index contributed by atoms with van der Waals surface area (Å²) in [5, 5.41) is 3.04. The molecule has 154 valence electrons. The first kappa shape index (κ1) is 19.8. The van der Waals surface area contributed by atoms with E-state index in [2.05, 4.69) is 5.32 Å². The van der Waals surface area contributed by atoms with Gasteiger partial charge < -0.3 is 19.5 Å². The molecule has 0 aromatic heterocycles. The highest BCUT2D eigenvalue weighted by Gasteiger charge is 2.18. The Labute approximate surface area is 174 Å². The number of amides is 1. The van der Waals surface area contributed by atoms with Crippen molar-refractivity contribution in [3.8, 4) is 17.2 Å². The summed E-state index contributed by atoms with van der Waals surface area (Å²) in [6.07, 6.45) is 1.15. The topological polar surface area (TPSA) is 56.8 Å². The molecule has 0 spiro atoms. The van der Waals surface area contributed by atoms with E-state index in [0.717, 1.165) is 11.1 Å². The van der Waals surface area contributed by atoms with Crippen molar-refractivity contribution in [3.63, 3.8) is 0 Å². The van der Waals surface area contributed by atoms with Crippen LogP contribution < -0.4 is 19.5 Å². The normalized spacial score (nSPS) is 13.0. The van der Waals surface area contributed by atoms with Crippen molar-refractivity contribution >= 4 is 5.91 Å². The molecule has 1 atom stereocenters. The number of hydrogen-bond acceptors (Lipinski definition) is 4. The van der Waals surface area contributed by atoms with E-state index in [0.29, 0.717) is 30.1 Å². The van der Waals surface area contributed by atoms with Crippen LogP contribution in [0, 0.1) is 5.82 Å². The highest BCUT2D eigenvalue weighted by molar-refractivity contribution is 5.78. The molecule has 0 saturated carbocycles. The molecule has 6 heteroatoms. The van der Waals surface area contributed by atoms with Crippen LogP contribution in [-0.2, 0) is 17.6 Å². The van der Waals surface area contributed by atoms with E-state index in [1.165, 1.54) is 12.1 Å². The van der Waals surface area contributed by atoms with E-state index < -0.39 is 0 Å². The molecule has 0 saturated heterocycles. The van der Waals surface area contributed by atoms with E-state index in [4.69, 9.17) is 14.2 Å². The highest BCUT2D eigenvalue weighted by Crippen LogP contribution is 2.32. The first-order valence-electron chi connectivity index (χ1n) is 9.76. The van der Waals surface area contributed by atoms with Crippen LogP contribution in [0.25, 0.3) is 0 Å². The summed E-state index contributed by atoms with van der Waals surface area (Å²) in [4.78, 5) is 12.5. The summed E-state index contributed by atoms with van der Waals surface area (Å²) in [5.74, 6) is 1.55. The zero-order valence-corrected chi connectivity index (χ0v) is 16.3. The number of rotatable bonds is 8. The van der Waals surface area contributed by atoms with E-state index in [1.54, 1.807) is 24.3 Å². The molecule has 3 aromatic rings. The Hall–Kier alpha value is -3.54. The molecular weight excluding hydrogens is 385 g/mol. The number of carbonyl (C=O) groups is 1. The molecule has 0 aliphatic carbocycles. The van der Waals surface area contributed by atoms with Crippen LogP contribution in [0.2, 0.25) is 0 Å². The Morgan fingerprint density at radius 3 is 2.43 bits per heavy atom. The fourth-order valence-corrected chi connectivity index (χ4v) is 3.37. The lowest BCUT2D eigenvalue weighted by atomic mass is 9.98. The van der Waals surface area contributed by atoms with Crippen molar-refractivity contribution in [3.05, 3.63) is 89.7 Å². The summed E-state index contributed by atoms with van der Waals surface area (Å²) in [6.45, 7) is 0.135. The van der Waals surface area contributed by atoms with Gasteiger partial charge in [-0.05, 0) is 60.4 Å². The van der Waals surface area contributed by atoms with Gasteiger partial charge in [-0.2, -0.15) is 0 Å². The van der Waals surface area contributed by atoms with E-state index in [9.17, 15) is 9.18 Å². The third kappa shape index (κ3) is 5.29. The predicted octanol–water partition coefficient (Wildman–Crippen LogP) is 3.90. The van der Waals surface area contributed by atoms with Gasteiger partial charge in [0.15, 0.2) is 18.1 Å². The maximum absolute atomic E-state index is 13.3. The van der Waals surface area contributed by atoms with Crippen LogP contribution in [-0.4, -0.2) is 25.3 Å². The predicted molar refractivity (Wildman–Crippen MR) is 110 cm³/mol. The molecule has 0 bridgehead atoms. The fraction of sp³-hybridized carbons (Fsp3) is 0.208. The lowest BCUT2D eigenvalue weighted by Crippen LogP contribution is -2.40. The number of para-hydroxylation sites is 1. The molecular formula is C24H22FNO4. The van der Waals surface area contributed by atoms with Crippen LogP contribution in [0.3, 0.4) is 0 Å².